The van der Waals surface area contributed by atoms with Crippen LogP contribution in [-0.2, 0) is 4.79 Å². The number of H-pyrrole nitrogens is 1. The number of nitrogens with one attached hydrogen (secondary N) is 2. The molecule has 2 N–H and O–H groups in total. The Morgan fingerprint density at radius 3 is 3.09 bits per heavy atom. The molecule has 1 saturated heterocycles. The van der Waals surface area contributed by atoms with Crippen LogP contribution in [-0.4, -0.2) is 33.9 Å². The molecule has 7 nitrogen and oxygen atoms in total. The number of nitrogens with zero attached hydrogens (tertiary/aromatic N) is 3. The lowest BCUT2D eigenvalue weighted by molar-refractivity contribution is -0.120. The second-order valence-corrected chi connectivity index (χ2v) is 5.26. The lowest BCUT2D eigenvalue weighted by Gasteiger charge is -2.32. The number of aromatic amines is 1. The molecule has 1 amide bonds. The SMILES string of the molecule is O=C(Nc1c[nH]ccc1=O)[C@H]1CCCN(c2cnccn2)C1. The van der Waals surface area contributed by atoms with Crippen molar-refractivity contribution >= 4 is 17.4 Å². The van der Waals surface area contributed by atoms with Crippen LogP contribution in [0.4, 0.5) is 11.5 Å². The van der Waals surface area contributed by atoms with E-state index in [1.807, 2.05) is 0 Å². The highest BCUT2D eigenvalue weighted by atomic mass is 16.2. The van der Waals surface area contributed by atoms with Gasteiger partial charge in [0.1, 0.15) is 11.5 Å². The molecule has 2 aromatic heterocycles. The van der Waals surface area contributed by atoms with E-state index in [2.05, 4.69) is 25.2 Å². The van der Waals surface area contributed by atoms with Gasteiger partial charge >= 0.3 is 0 Å². The van der Waals surface area contributed by atoms with E-state index in [1.54, 1.807) is 18.6 Å². The molecule has 22 heavy (non-hydrogen) atoms. The van der Waals surface area contributed by atoms with Crippen LogP contribution in [0, 0.1) is 5.92 Å². The second kappa shape index (κ2) is 6.38. The molecule has 1 aliphatic heterocycles. The molecule has 114 valence electrons. The van der Waals surface area contributed by atoms with Crippen LogP contribution in [0.3, 0.4) is 0 Å². The van der Waals surface area contributed by atoms with Crippen LogP contribution in [0.2, 0.25) is 0 Å². The highest BCUT2D eigenvalue weighted by molar-refractivity contribution is 5.92. The van der Waals surface area contributed by atoms with Gasteiger partial charge in [-0.2, -0.15) is 0 Å². The van der Waals surface area contributed by atoms with E-state index in [1.165, 1.54) is 18.5 Å². The van der Waals surface area contributed by atoms with Crippen LogP contribution in [0.25, 0.3) is 0 Å². The van der Waals surface area contributed by atoms with Crippen molar-refractivity contribution in [2.45, 2.75) is 12.8 Å². The Labute approximate surface area is 127 Å². The minimum atomic E-state index is -0.200. The van der Waals surface area contributed by atoms with E-state index >= 15 is 0 Å². The van der Waals surface area contributed by atoms with Crippen LogP contribution < -0.4 is 15.6 Å². The summed E-state index contributed by atoms with van der Waals surface area (Å²) in [6, 6.07) is 1.39. The van der Waals surface area contributed by atoms with Crippen LogP contribution >= 0.6 is 0 Å². The molecule has 0 unspecified atom stereocenters. The fourth-order valence-electron chi connectivity index (χ4n) is 2.60. The molecule has 7 heteroatoms. The first-order valence-corrected chi connectivity index (χ1v) is 7.23. The summed E-state index contributed by atoms with van der Waals surface area (Å²) in [4.78, 5) is 37.2. The minimum Gasteiger partial charge on any atom is -0.366 e. The zero-order valence-corrected chi connectivity index (χ0v) is 12.0. The van der Waals surface area contributed by atoms with Crippen molar-refractivity contribution in [3.8, 4) is 0 Å². The Balaban J connectivity index is 1.68. The van der Waals surface area contributed by atoms with Crippen LogP contribution in [0.15, 0.2) is 41.8 Å². The largest absolute Gasteiger partial charge is 0.366 e. The van der Waals surface area contributed by atoms with E-state index in [4.69, 9.17) is 0 Å². The van der Waals surface area contributed by atoms with Gasteiger partial charge in [-0.15, -0.1) is 0 Å². The van der Waals surface area contributed by atoms with E-state index in [0.29, 0.717) is 6.54 Å². The number of hydrogen-bond acceptors (Lipinski definition) is 5. The monoisotopic (exact) mass is 299 g/mol. The molecular formula is C15H17N5O2. The molecule has 1 fully saturated rings. The van der Waals surface area contributed by atoms with Crippen molar-refractivity contribution in [3.63, 3.8) is 0 Å². The van der Waals surface area contributed by atoms with Crippen molar-refractivity contribution in [1.29, 1.82) is 0 Å². The summed E-state index contributed by atoms with van der Waals surface area (Å²) in [5.74, 6) is 0.471. The third-order valence-corrected chi connectivity index (χ3v) is 3.75. The van der Waals surface area contributed by atoms with Gasteiger partial charge in [-0.1, -0.05) is 0 Å². The predicted octanol–water partition coefficient (Wildman–Crippen LogP) is 1.02. The molecule has 0 bridgehead atoms. The molecule has 0 aliphatic carbocycles. The first kappa shape index (κ1) is 14.2. The summed E-state index contributed by atoms with van der Waals surface area (Å²) in [7, 11) is 0. The fourth-order valence-corrected chi connectivity index (χ4v) is 2.60. The van der Waals surface area contributed by atoms with Gasteiger partial charge in [0.05, 0.1) is 12.1 Å². The Morgan fingerprint density at radius 1 is 1.41 bits per heavy atom. The number of piperidine rings is 1. The number of rotatable bonds is 3. The molecule has 1 aliphatic rings. The normalized spacial score (nSPS) is 18.0. The van der Waals surface area contributed by atoms with Gasteiger partial charge in [0.25, 0.3) is 0 Å². The van der Waals surface area contributed by atoms with Gasteiger partial charge in [0.2, 0.25) is 11.3 Å². The minimum absolute atomic E-state index is 0.134. The van der Waals surface area contributed by atoms with E-state index in [0.717, 1.165) is 25.2 Å². The topological polar surface area (TPSA) is 91.0 Å². The zero-order valence-electron chi connectivity index (χ0n) is 12.0. The van der Waals surface area contributed by atoms with Gasteiger partial charge in [-0.05, 0) is 12.8 Å². The van der Waals surface area contributed by atoms with Crippen molar-refractivity contribution in [1.82, 2.24) is 15.0 Å². The summed E-state index contributed by atoms with van der Waals surface area (Å²) >= 11 is 0. The fraction of sp³-hybridized carbons (Fsp3) is 0.333. The maximum Gasteiger partial charge on any atom is 0.229 e. The van der Waals surface area contributed by atoms with E-state index in [9.17, 15) is 9.59 Å². The Bertz CT molecular complexity index is 700. The molecule has 3 heterocycles. The van der Waals surface area contributed by atoms with Gasteiger partial charge in [-0.25, -0.2) is 4.98 Å². The summed E-state index contributed by atoms with van der Waals surface area (Å²) < 4.78 is 0. The maximum absolute atomic E-state index is 12.4. The van der Waals surface area contributed by atoms with Crippen molar-refractivity contribution in [3.05, 3.63) is 47.3 Å². The molecule has 0 radical (unpaired) electrons. The van der Waals surface area contributed by atoms with Gasteiger partial charge in [0.15, 0.2) is 0 Å². The number of pyridine rings is 1. The summed E-state index contributed by atoms with van der Waals surface area (Å²) in [5.41, 5.74) is 0.0813. The molecule has 3 rings (SSSR count). The summed E-state index contributed by atoms with van der Waals surface area (Å²) in [6.45, 7) is 1.43. The molecule has 2 aromatic rings. The van der Waals surface area contributed by atoms with E-state index < -0.39 is 0 Å². The van der Waals surface area contributed by atoms with Gasteiger partial charge in [-0.3, -0.25) is 14.6 Å². The van der Waals surface area contributed by atoms with Crippen molar-refractivity contribution in [2.24, 2.45) is 5.92 Å². The number of carbonyl (C=O) groups excluding carboxylic acids is 1. The highest BCUT2D eigenvalue weighted by Crippen LogP contribution is 2.21. The highest BCUT2D eigenvalue weighted by Gasteiger charge is 2.27. The first-order chi connectivity index (χ1) is 10.7. The zero-order chi connectivity index (χ0) is 15.4. The van der Waals surface area contributed by atoms with Crippen LogP contribution in [0.1, 0.15) is 12.8 Å². The average Bonchev–Trinajstić information content (AvgIpc) is 2.58. The van der Waals surface area contributed by atoms with Gasteiger partial charge < -0.3 is 15.2 Å². The summed E-state index contributed by atoms with van der Waals surface area (Å²) in [6.07, 6.45) is 9.70. The first-order valence-electron chi connectivity index (χ1n) is 7.23. The molecule has 0 spiro atoms. The number of amides is 1. The lowest BCUT2D eigenvalue weighted by atomic mass is 9.97. The third-order valence-electron chi connectivity index (χ3n) is 3.75. The third kappa shape index (κ3) is 3.13. The van der Waals surface area contributed by atoms with E-state index in [-0.39, 0.29) is 22.9 Å². The van der Waals surface area contributed by atoms with Crippen molar-refractivity contribution < 1.29 is 4.79 Å². The average molecular weight is 299 g/mol. The lowest BCUT2D eigenvalue weighted by Crippen LogP contribution is -2.41. The Hall–Kier alpha value is -2.70. The molecule has 0 saturated carbocycles. The molecule has 0 aromatic carbocycles. The number of hydrogen-bond donors (Lipinski definition) is 2. The molecule has 1 atom stereocenters. The predicted molar refractivity (Wildman–Crippen MR) is 82.7 cm³/mol. The van der Waals surface area contributed by atoms with Gasteiger partial charge in [0, 0.05) is 43.9 Å². The quantitative estimate of drug-likeness (QED) is 0.883. The van der Waals surface area contributed by atoms with Crippen LogP contribution in [0.5, 0.6) is 0 Å². The summed E-state index contributed by atoms with van der Waals surface area (Å²) in [5, 5.41) is 2.71. The Morgan fingerprint density at radius 2 is 2.32 bits per heavy atom. The number of carbonyl (C=O) groups is 1. The number of anilines is 2. The standard InChI is InChI=1S/C15H17N5O2/c21-13-3-4-16-8-12(13)19-15(22)11-2-1-7-20(10-11)14-9-17-5-6-18-14/h3-6,8-9,11H,1-2,7,10H2,(H,16,21)(H,19,22)/t11-/m0/s1. The Kier molecular flexibility index (Phi) is 4.13. The number of aromatic nitrogens is 3. The van der Waals surface area contributed by atoms with Crippen molar-refractivity contribution in [2.75, 3.05) is 23.3 Å². The molecular weight excluding hydrogens is 282 g/mol. The second-order valence-electron chi connectivity index (χ2n) is 5.26. The smallest absolute Gasteiger partial charge is 0.229 e. The maximum atomic E-state index is 12.4.